The van der Waals surface area contributed by atoms with Crippen molar-refractivity contribution in [1.82, 2.24) is 0 Å². The Labute approximate surface area is 198 Å². The molecule has 0 saturated carbocycles. The van der Waals surface area contributed by atoms with Gasteiger partial charge in [-0.1, -0.05) is 29.8 Å². The van der Waals surface area contributed by atoms with Crippen LogP contribution in [-0.2, 0) is 11.4 Å². The second kappa shape index (κ2) is 10.9. The van der Waals surface area contributed by atoms with Crippen LogP contribution >= 0.6 is 11.6 Å². The Morgan fingerprint density at radius 1 is 1.18 bits per heavy atom. The van der Waals surface area contributed by atoms with Gasteiger partial charge in [-0.2, -0.15) is 5.26 Å². The third-order valence-corrected chi connectivity index (χ3v) is 4.89. The molecule has 34 heavy (non-hydrogen) atoms. The summed E-state index contributed by atoms with van der Waals surface area (Å²) in [5.74, 6) is -0.318. The number of nitrogens with one attached hydrogen (secondary N) is 1. The van der Waals surface area contributed by atoms with Crippen molar-refractivity contribution >= 4 is 35.0 Å². The predicted octanol–water partition coefficient (Wildman–Crippen LogP) is 5.52. The molecule has 10 heteroatoms. The maximum absolute atomic E-state index is 13.0. The van der Waals surface area contributed by atoms with E-state index in [2.05, 4.69) is 5.32 Å². The molecule has 0 radical (unpaired) electrons. The van der Waals surface area contributed by atoms with E-state index in [1.54, 1.807) is 30.3 Å². The summed E-state index contributed by atoms with van der Waals surface area (Å²) in [6.45, 7) is 0.185. The monoisotopic (exact) mass is 481 g/mol. The number of benzene rings is 3. The van der Waals surface area contributed by atoms with Crippen LogP contribution in [0, 0.1) is 27.3 Å². The largest absolute Gasteiger partial charge is 0.493 e. The lowest BCUT2D eigenvalue weighted by atomic mass is 10.1. The Balaban J connectivity index is 1.76. The molecule has 0 bridgehead atoms. The number of nitriles is 1. The van der Waals surface area contributed by atoms with E-state index in [0.717, 1.165) is 11.6 Å². The molecule has 0 unspecified atom stereocenters. The molecular formula is C24H17ClFN3O5. The zero-order valence-electron chi connectivity index (χ0n) is 17.7. The first-order chi connectivity index (χ1) is 16.3. The van der Waals surface area contributed by atoms with Gasteiger partial charge in [0.25, 0.3) is 11.6 Å². The number of hydrogen-bond acceptors (Lipinski definition) is 6. The smallest absolute Gasteiger partial charge is 0.289 e. The number of nitro groups is 1. The summed E-state index contributed by atoms with van der Waals surface area (Å²) in [4.78, 5) is 22.9. The van der Waals surface area contributed by atoms with Gasteiger partial charge in [0.1, 0.15) is 29.1 Å². The summed E-state index contributed by atoms with van der Waals surface area (Å²) in [6.07, 6.45) is 1.34. The number of nitrogens with zero attached hydrogens (tertiary/aromatic N) is 2. The summed E-state index contributed by atoms with van der Waals surface area (Å²) in [5, 5.41) is 22.8. The Morgan fingerprint density at radius 2 is 1.91 bits per heavy atom. The van der Waals surface area contributed by atoms with Gasteiger partial charge in [-0.05, 0) is 53.6 Å². The molecule has 0 spiro atoms. The van der Waals surface area contributed by atoms with Crippen LogP contribution in [0.25, 0.3) is 6.08 Å². The van der Waals surface area contributed by atoms with Gasteiger partial charge in [-0.25, -0.2) is 4.39 Å². The first kappa shape index (κ1) is 24.2. The fourth-order valence-corrected chi connectivity index (χ4v) is 3.07. The minimum Gasteiger partial charge on any atom is -0.493 e. The number of carbonyl (C=O) groups is 1. The maximum Gasteiger partial charge on any atom is 0.289 e. The van der Waals surface area contributed by atoms with Crippen LogP contribution in [0.3, 0.4) is 0 Å². The molecule has 1 N–H and O–H groups in total. The van der Waals surface area contributed by atoms with Gasteiger partial charge < -0.3 is 14.8 Å². The van der Waals surface area contributed by atoms with Gasteiger partial charge in [-0.15, -0.1) is 0 Å². The van der Waals surface area contributed by atoms with Gasteiger partial charge in [0.15, 0.2) is 11.5 Å². The van der Waals surface area contributed by atoms with Crippen LogP contribution in [0.2, 0.25) is 5.02 Å². The van der Waals surface area contributed by atoms with Gasteiger partial charge >= 0.3 is 0 Å². The third kappa shape index (κ3) is 6.09. The second-order valence-electron chi connectivity index (χ2n) is 6.87. The number of nitro benzene ring substituents is 1. The minimum atomic E-state index is -0.755. The fourth-order valence-electron chi connectivity index (χ4n) is 2.88. The van der Waals surface area contributed by atoms with Crippen LogP contribution in [0.1, 0.15) is 11.1 Å². The molecule has 172 valence electrons. The van der Waals surface area contributed by atoms with E-state index in [9.17, 15) is 24.6 Å². The molecule has 0 fully saturated rings. The van der Waals surface area contributed by atoms with E-state index in [4.69, 9.17) is 21.1 Å². The van der Waals surface area contributed by atoms with E-state index in [1.807, 2.05) is 6.07 Å². The number of hydrogen-bond donors (Lipinski definition) is 1. The highest BCUT2D eigenvalue weighted by Gasteiger charge is 2.16. The molecule has 3 aromatic carbocycles. The molecule has 3 rings (SSSR count). The van der Waals surface area contributed by atoms with Crippen LogP contribution < -0.4 is 14.8 Å². The average molecular weight is 482 g/mol. The molecule has 0 atom stereocenters. The van der Waals surface area contributed by atoms with Crippen molar-refractivity contribution in [1.29, 1.82) is 5.26 Å². The predicted molar refractivity (Wildman–Crippen MR) is 124 cm³/mol. The van der Waals surface area contributed by atoms with E-state index < -0.39 is 10.8 Å². The lowest BCUT2D eigenvalue weighted by Gasteiger charge is -2.12. The van der Waals surface area contributed by atoms with Crippen molar-refractivity contribution in [2.24, 2.45) is 0 Å². The molecule has 0 heterocycles. The topological polar surface area (TPSA) is 114 Å². The van der Waals surface area contributed by atoms with Crippen molar-refractivity contribution in [3.8, 4) is 17.6 Å². The Hall–Kier alpha value is -4.42. The molecule has 0 aliphatic heterocycles. The van der Waals surface area contributed by atoms with Crippen molar-refractivity contribution in [3.05, 3.63) is 98.3 Å². The van der Waals surface area contributed by atoms with E-state index in [1.165, 1.54) is 37.5 Å². The van der Waals surface area contributed by atoms with Crippen LogP contribution in [0.5, 0.6) is 11.5 Å². The number of halogens is 2. The fraction of sp³-hybridized carbons (Fsp3) is 0.0833. The number of methoxy groups -OCH3 is 1. The summed E-state index contributed by atoms with van der Waals surface area (Å²) in [7, 11) is 1.44. The van der Waals surface area contributed by atoms with Gasteiger partial charge in [-0.3, -0.25) is 14.9 Å². The average Bonchev–Trinajstić information content (AvgIpc) is 2.83. The number of carbonyl (C=O) groups excluding carboxylic acids is 1. The van der Waals surface area contributed by atoms with Crippen molar-refractivity contribution in [3.63, 3.8) is 0 Å². The van der Waals surface area contributed by atoms with Gasteiger partial charge in [0.2, 0.25) is 0 Å². The maximum atomic E-state index is 13.0. The number of rotatable bonds is 8. The standard InChI is InChI=1S/C24H17ClFN3O5/c1-33-23-11-16(4-9-22(23)34-14-15-2-5-18(26)6-3-15)10-17(13-27)24(30)28-19-7-8-20(25)21(12-19)29(31)32/h2-12H,14H2,1H3,(H,28,30)/b17-10+. The van der Waals surface area contributed by atoms with Crippen LogP contribution in [0.15, 0.2) is 66.2 Å². The van der Waals surface area contributed by atoms with E-state index >= 15 is 0 Å². The number of ether oxygens (including phenoxy) is 2. The lowest BCUT2D eigenvalue weighted by molar-refractivity contribution is -0.384. The summed E-state index contributed by atoms with van der Waals surface area (Å²) >= 11 is 5.77. The first-order valence-corrected chi connectivity index (χ1v) is 10.1. The minimum absolute atomic E-state index is 0.0760. The summed E-state index contributed by atoms with van der Waals surface area (Å²) in [6, 6.07) is 16.3. The Morgan fingerprint density at radius 3 is 2.56 bits per heavy atom. The van der Waals surface area contributed by atoms with Crippen molar-refractivity contribution in [2.75, 3.05) is 12.4 Å². The molecule has 0 aliphatic carbocycles. The second-order valence-corrected chi connectivity index (χ2v) is 7.28. The van der Waals surface area contributed by atoms with E-state index in [-0.39, 0.29) is 34.4 Å². The summed E-state index contributed by atoms with van der Waals surface area (Å²) in [5.41, 5.74) is 0.755. The zero-order valence-corrected chi connectivity index (χ0v) is 18.5. The SMILES string of the molecule is COc1cc(/C=C(\C#N)C(=O)Nc2ccc(Cl)c([N+](=O)[O-])c2)ccc1OCc1ccc(F)cc1. The van der Waals surface area contributed by atoms with Crippen LogP contribution in [0.4, 0.5) is 15.8 Å². The molecule has 0 saturated heterocycles. The normalized spacial score (nSPS) is 10.8. The Kier molecular flexibility index (Phi) is 7.79. The van der Waals surface area contributed by atoms with Crippen molar-refractivity contribution in [2.45, 2.75) is 6.61 Å². The number of amides is 1. The zero-order chi connectivity index (χ0) is 24.7. The van der Waals surface area contributed by atoms with E-state index in [0.29, 0.717) is 17.1 Å². The molecular weight excluding hydrogens is 465 g/mol. The lowest BCUT2D eigenvalue weighted by Crippen LogP contribution is -2.13. The summed E-state index contributed by atoms with van der Waals surface area (Å²) < 4.78 is 24.1. The molecule has 0 aromatic heterocycles. The Bertz CT molecular complexity index is 1300. The first-order valence-electron chi connectivity index (χ1n) is 9.73. The number of anilines is 1. The molecule has 3 aromatic rings. The highest BCUT2D eigenvalue weighted by Crippen LogP contribution is 2.30. The van der Waals surface area contributed by atoms with Gasteiger partial charge in [0.05, 0.1) is 12.0 Å². The molecule has 8 nitrogen and oxygen atoms in total. The molecule has 1 amide bonds. The highest BCUT2D eigenvalue weighted by molar-refractivity contribution is 6.32. The van der Waals surface area contributed by atoms with Crippen molar-refractivity contribution < 1.29 is 23.6 Å². The third-order valence-electron chi connectivity index (χ3n) is 4.57. The van der Waals surface area contributed by atoms with Gasteiger partial charge in [0, 0.05) is 11.8 Å². The quantitative estimate of drug-likeness (QED) is 0.196. The van der Waals surface area contributed by atoms with Crippen LogP contribution in [-0.4, -0.2) is 17.9 Å². The highest BCUT2D eigenvalue weighted by atomic mass is 35.5. The molecule has 0 aliphatic rings.